The molecule has 0 aliphatic carbocycles. The van der Waals surface area contributed by atoms with E-state index in [4.69, 9.17) is 4.42 Å². The van der Waals surface area contributed by atoms with Crippen molar-refractivity contribution in [1.82, 2.24) is 9.13 Å². The van der Waals surface area contributed by atoms with Gasteiger partial charge in [0.1, 0.15) is 11.2 Å². The Morgan fingerprint density at radius 1 is 0.348 bits per heavy atom. The summed E-state index contributed by atoms with van der Waals surface area (Å²) in [6, 6.07) is 54.6. The second-order valence-electron chi connectivity index (χ2n) is 12.2. The van der Waals surface area contributed by atoms with Crippen LogP contribution in [0.15, 0.2) is 156 Å². The first-order chi connectivity index (χ1) is 22.8. The molecule has 4 nitrogen and oxygen atoms in total. The van der Waals surface area contributed by atoms with Crippen molar-refractivity contribution < 1.29 is 4.42 Å². The average Bonchev–Trinajstić information content (AvgIpc) is 3.77. The Hall–Kier alpha value is -6.26. The lowest BCUT2D eigenvalue weighted by molar-refractivity contribution is 0.669. The molecule has 11 rings (SSSR count). The number of anilines is 3. The standard InChI is InChI=1S/C42H25N3O/c1-2-11-26(12-3-1)43-35-17-7-8-18-36(35)45-40-30(15-10-19-37(40)43)32-23-22-31-28-13-4-6-16-34(28)44(41(31)42(32)45)27-21-24-39-33(25-27)29-14-5-9-20-38(29)46-39/h1-25H. The second kappa shape index (κ2) is 8.68. The zero-order valence-electron chi connectivity index (χ0n) is 24.7. The second-order valence-corrected chi connectivity index (χ2v) is 12.2. The minimum atomic E-state index is 0.902. The van der Waals surface area contributed by atoms with E-state index in [2.05, 4.69) is 154 Å². The van der Waals surface area contributed by atoms with Gasteiger partial charge in [-0.25, -0.2) is 0 Å². The smallest absolute Gasteiger partial charge is 0.135 e. The zero-order valence-corrected chi connectivity index (χ0v) is 24.7. The Morgan fingerprint density at radius 3 is 1.87 bits per heavy atom. The maximum absolute atomic E-state index is 6.23. The maximum atomic E-state index is 6.23. The van der Waals surface area contributed by atoms with Gasteiger partial charge in [0.15, 0.2) is 0 Å². The largest absolute Gasteiger partial charge is 0.456 e. The van der Waals surface area contributed by atoms with Crippen LogP contribution in [0.2, 0.25) is 0 Å². The van der Waals surface area contributed by atoms with Crippen molar-refractivity contribution in [2.24, 2.45) is 0 Å². The minimum Gasteiger partial charge on any atom is -0.456 e. The summed E-state index contributed by atoms with van der Waals surface area (Å²) >= 11 is 0. The molecule has 7 aromatic carbocycles. The van der Waals surface area contributed by atoms with E-state index >= 15 is 0 Å². The molecule has 0 amide bonds. The highest BCUT2D eigenvalue weighted by atomic mass is 16.3. The first-order valence-electron chi connectivity index (χ1n) is 15.7. The lowest BCUT2D eigenvalue weighted by Crippen LogP contribution is -2.18. The van der Waals surface area contributed by atoms with Crippen LogP contribution in [0.1, 0.15) is 0 Å². The summed E-state index contributed by atoms with van der Waals surface area (Å²) in [4.78, 5) is 2.40. The number of fused-ring (bicyclic) bond motifs is 12. The lowest BCUT2D eigenvalue weighted by atomic mass is 10.1. The Morgan fingerprint density at radius 2 is 0.978 bits per heavy atom. The number of benzene rings is 7. The number of hydrogen-bond donors (Lipinski definition) is 0. The molecule has 0 atom stereocenters. The fourth-order valence-electron chi connectivity index (χ4n) is 7.95. The minimum absolute atomic E-state index is 0.902. The van der Waals surface area contributed by atoms with Crippen LogP contribution in [-0.2, 0) is 0 Å². The van der Waals surface area contributed by atoms with E-state index in [9.17, 15) is 0 Å². The van der Waals surface area contributed by atoms with E-state index < -0.39 is 0 Å². The fraction of sp³-hybridized carbons (Fsp3) is 0. The summed E-state index contributed by atoms with van der Waals surface area (Å²) in [6.45, 7) is 0. The Kier molecular flexibility index (Phi) is 4.55. The summed E-state index contributed by atoms with van der Waals surface area (Å²) in [7, 11) is 0. The molecule has 0 radical (unpaired) electrons. The topological polar surface area (TPSA) is 26.2 Å². The first kappa shape index (κ1) is 24.1. The molecule has 0 fully saturated rings. The summed E-state index contributed by atoms with van der Waals surface area (Å²) in [5.41, 5.74) is 12.4. The van der Waals surface area contributed by atoms with Gasteiger partial charge in [-0.2, -0.15) is 0 Å². The number of nitrogens with zero attached hydrogens (tertiary/aromatic N) is 3. The number of rotatable bonds is 2. The molecule has 4 heteroatoms. The molecule has 10 aromatic rings. The molecule has 0 saturated carbocycles. The highest BCUT2D eigenvalue weighted by Crippen LogP contribution is 2.51. The van der Waals surface area contributed by atoms with Gasteiger partial charge >= 0.3 is 0 Å². The van der Waals surface area contributed by atoms with Crippen molar-refractivity contribution >= 4 is 82.6 Å². The van der Waals surface area contributed by atoms with Gasteiger partial charge in [0.05, 0.1) is 39.1 Å². The van der Waals surface area contributed by atoms with Gasteiger partial charge in [0.25, 0.3) is 0 Å². The molecule has 0 bridgehead atoms. The van der Waals surface area contributed by atoms with Gasteiger partial charge in [0.2, 0.25) is 0 Å². The van der Waals surface area contributed by atoms with Crippen molar-refractivity contribution in [1.29, 1.82) is 0 Å². The monoisotopic (exact) mass is 587 g/mol. The molecule has 1 aliphatic heterocycles. The van der Waals surface area contributed by atoms with Crippen LogP contribution < -0.4 is 4.90 Å². The third kappa shape index (κ3) is 2.98. The summed E-state index contributed by atoms with van der Waals surface area (Å²) < 4.78 is 11.2. The SMILES string of the molecule is c1ccc(N2c3ccccc3-n3c4c2cccc4c2ccc4c5ccccc5n(-c5ccc6oc7ccccc7c6c5)c4c23)cc1. The van der Waals surface area contributed by atoms with Gasteiger partial charge in [0, 0.05) is 43.7 Å². The normalized spacial score (nSPS) is 12.7. The molecular formula is C42H25N3O. The van der Waals surface area contributed by atoms with Crippen molar-refractivity contribution in [3.05, 3.63) is 152 Å². The molecule has 0 unspecified atom stereocenters. The molecule has 214 valence electrons. The van der Waals surface area contributed by atoms with Crippen molar-refractivity contribution in [3.8, 4) is 11.4 Å². The molecule has 3 aromatic heterocycles. The van der Waals surface area contributed by atoms with Gasteiger partial charge in [-0.15, -0.1) is 0 Å². The highest BCUT2D eigenvalue weighted by Gasteiger charge is 2.30. The molecule has 46 heavy (non-hydrogen) atoms. The van der Waals surface area contributed by atoms with Gasteiger partial charge in [-0.05, 0) is 60.7 Å². The molecule has 1 aliphatic rings. The van der Waals surface area contributed by atoms with Crippen LogP contribution in [0.3, 0.4) is 0 Å². The summed E-state index contributed by atoms with van der Waals surface area (Å²) in [5.74, 6) is 0. The molecule has 0 saturated heterocycles. The third-order valence-corrected chi connectivity index (χ3v) is 9.80. The van der Waals surface area contributed by atoms with E-state index in [0.717, 1.165) is 39.0 Å². The number of para-hydroxylation sites is 6. The van der Waals surface area contributed by atoms with Crippen LogP contribution in [0.4, 0.5) is 17.1 Å². The third-order valence-electron chi connectivity index (χ3n) is 9.80. The van der Waals surface area contributed by atoms with E-state index in [0.29, 0.717) is 0 Å². The molecule has 0 spiro atoms. The van der Waals surface area contributed by atoms with E-state index in [1.807, 2.05) is 12.1 Å². The van der Waals surface area contributed by atoms with Crippen molar-refractivity contribution in [2.75, 3.05) is 4.90 Å². The van der Waals surface area contributed by atoms with Crippen LogP contribution in [0.25, 0.3) is 76.9 Å². The Labute approximate surface area is 263 Å². The first-order valence-corrected chi connectivity index (χ1v) is 15.7. The Bertz CT molecular complexity index is 2870. The van der Waals surface area contributed by atoms with Crippen LogP contribution in [-0.4, -0.2) is 9.13 Å². The Balaban J connectivity index is 1.34. The summed E-state index contributed by atoms with van der Waals surface area (Å²) in [5, 5.41) is 7.23. The number of aromatic nitrogens is 2. The quantitative estimate of drug-likeness (QED) is 0.201. The van der Waals surface area contributed by atoms with E-state index in [-0.39, 0.29) is 0 Å². The fourth-order valence-corrected chi connectivity index (χ4v) is 7.95. The van der Waals surface area contributed by atoms with Gasteiger partial charge in [-0.3, -0.25) is 0 Å². The van der Waals surface area contributed by atoms with Crippen LogP contribution >= 0.6 is 0 Å². The summed E-state index contributed by atoms with van der Waals surface area (Å²) in [6.07, 6.45) is 0. The van der Waals surface area contributed by atoms with Gasteiger partial charge < -0.3 is 18.5 Å². The maximum Gasteiger partial charge on any atom is 0.135 e. The predicted molar refractivity (Wildman–Crippen MR) is 191 cm³/mol. The van der Waals surface area contributed by atoms with Crippen LogP contribution in [0.5, 0.6) is 0 Å². The van der Waals surface area contributed by atoms with Crippen LogP contribution in [0, 0.1) is 0 Å². The van der Waals surface area contributed by atoms with E-state index in [1.54, 1.807) is 0 Å². The van der Waals surface area contributed by atoms with Gasteiger partial charge in [-0.1, -0.05) is 91.0 Å². The number of furan rings is 1. The molecule has 0 N–H and O–H groups in total. The van der Waals surface area contributed by atoms with Crippen molar-refractivity contribution in [2.45, 2.75) is 0 Å². The molecular weight excluding hydrogens is 562 g/mol. The predicted octanol–water partition coefficient (Wildman–Crippen LogP) is 11.6. The zero-order chi connectivity index (χ0) is 29.9. The van der Waals surface area contributed by atoms with E-state index in [1.165, 1.54) is 55.0 Å². The van der Waals surface area contributed by atoms with Crippen molar-refractivity contribution in [3.63, 3.8) is 0 Å². The molecule has 4 heterocycles. The lowest BCUT2D eigenvalue weighted by Gasteiger charge is -2.33. The highest BCUT2D eigenvalue weighted by molar-refractivity contribution is 6.26. The number of hydrogen-bond acceptors (Lipinski definition) is 2. The average molecular weight is 588 g/mol.